The number of amides is 2. The second-order valence-corrected chi connectivity index (χ2v) is 7.73. The largest absolute Gasteiger partial charge is 0.346 e. The number of aryl methyl sites for hydroxylation is 1. The van der Waals surface area contributed by atoms with Gasteiger partial charge in [0.05, 0.1) is 12.5 Å². The van der Waals surface area contributed by atoms with Crippen molar-refractivity contribution in [1.82, 2.24) is 5.32 Å². The van der Waals surface area contributed by atoms with E-state index in [1.54, 1.807) is 0 Å². The molecular weight excluding hydrogens is 463 g/mol. The molecule has 0 aromatic heterocycles. The van der Waals surface area contributed by atoms with Crippen LogP contribution in [0.1, 0.15) is 22.6 Å². The molecule has 0 fully saturated rings. The van der Waals surface area contributed by atoms with Crippen LogP contribution in [0.5, 0.6) is 0 Å². The first-order valence-corrected chi connectivity index (χ1v) is 10.1. The molecule has 3 rings (SSSR count). The van der Waals surface area contributed by atoms with Crippen molar-refractivity contribution in [1.29, 1.82) is 0 Å². The molecule has 0 unspecified atom stereocenters. The Balaban J connectivity index is 1.69. The van der Waals surface area contributed by atoms with Crippen molar-refractivity contribution >= 4 is 40.1 Å². The second kappa shape index (κ2) is 9.50. The zero-order chi connectivity index (χ0) is 19.9. The van der Waals surface area contributed by atoms with Crippen LogP contribution in [-0.4, -0.2) is 18.4 Å². The third kappa shape index (κ3) is 5.19. The van der Waals surface area contributed by atoms with Crippen molar-refractivity contribution in [2.24, 2.45) is 0 Å². The first kappa shape index (κ1) is 20.1. The molecule has 0 radical (unpaired) electrons. The lowest BCUT2D eigenvalue weighted by Gasteiger charge is -2.18. The standard InChI is InChI=1S/C23H21IN2O2/c1-16-14-19(24)12-13-20(16)26-21(27)15-25-23(28)22(17-8-4-2-5-9-17)18-10-6-3-7-11-18/h2-14,22H,15H2,1H3,(H,25,28)(H,26,27). The minimum Gasteiger partial charge on any atom is -0.346 e. The lowest BCUT2D eigenvalue weighted by Crippen LogP contribution is -2.36. The van der Waals surface area contributed by atoms with Crippen LogP contribution >= 0.6 is 22.6 Å². The Labute approximate surface area is 178 Å². The fraction of sp³-hybridized carbons (Fsp3) is 0.130. The van der Waals surface area contributed by atoms with Crippen LogP contribution in [0.15, 0.2) is 78.9 Å². The molecule has 2 amide bonds. The van der Waals surface area contributed by atoms with Gasteiger partial charge in [-0.25, -0.2) is 0 Å². The van der Waals surface area contributed by atoms with Crippen LogP contribution in [0.3, 0.4) is 0 Å². The van der Waals surface area contributed by atoms with Crippen molar-refractivity contribution in [3.8, 4) is 0 Å². The number of carbonyl (C=O) groups excluding carboxylic acids is 2. The van der Waals surface area contributed by atoms with Crippen molar-refractivity contribution in [3.63, 3.8) is 0 Å². The summed E-state index contributed by atoms with van der Waals surface area (Å²) in [6.07, 6.45) is 0. The maximum Gasteiger partial charge on any atom is 0.243 e. The van der Waals surface area contributed by atoms with E-state index >= 15 is 0 Å². The Morgan fingerprint density at radius 2 is 1.46 bits per heavy atom. The molecule has 0 saturated heterocycles. The van der Waals surface area contributed by atoms with Crippen LogP contribution in [0.25, 0.3) is 0 Å². The van der Waals surface area contributed by atoms with E-state index < -0.39 is 5.92 Å². The van der Waals surface area contributed by atoms with Gasteiger partial charge in [0.25, 0.3) is 0 Å². The molecule has 5 heteroatoms. The van der Waals surface area contributed by atoms with Gasteiger partial charge < -0.3 is 10.6 Å². The zero-order valence-electron chi connectivity index (χ0n) is 15.5. The maximum absolute atomic E-state index is 12.9. The number of anilines is 1. The molecule has 0 heterocycles. The van der Waals surface area contributed by atoms with Gasteiger partial charge in [-0.1, -0.05) is 60.7 Å². The van der Waals surface area contributed by atoms with E-state index in [9.17, 15) is 9.59 Å². The fourth-order valence-corrected chi connectivity index (χ4v) is 3.66. The normalized spacial score (nSPS) is 10.5. The summed E-state index contributed by atoms with van der Waals surface area (Å²) in [7, 11) is 0. The summed E-state index contributed by atoms with van der Waals surface area (Å²) < 4.78 is 1.11. The second-order valence-electron chi connectivity index (χ2n) is 6.48. The first-order chi connectivity index (χ1) is 13.5. The van der Waals surface area contributed by atoms with E-state index in [1.807, 2.05) is 85.8 Å². The van der Waals surface area contributed by atoms with E-state index in [2.05, 4.69) is 33.2 Å². The highest BCUT2D eigenvalue weighted by Gasteiger charge is 2.22. The molecule has 0 bridgehead atoms. The first-order valence-electron chi connectivity index (χ1n) is 8.98. The van der Waals surface area contributed by atoms with Crippen LogP contribution < -0.4 is 10.6 Å². The molecule has 3 aromatic rings. The average Bonchev–Trinajstić information content (AvgIpc) is 2.70. The number of hydrogen-bond donors (Lipinski definition) is 2. The molecule has 28 heavy (non-hydrogen) atoms. The van der Waals surface area contributed by atoms with E-state index in [0.717, 1.165) is 25.9 Å². The molecular formula is C23H21IN2O2. The van der Waals surface area contributed by atoms with E-state index in [0.29, 0.717) is 0 Å². The molecule has 142 valence electrons. The number of nitrogens with one attached hydrogen (secondary N) is 2. The molecule has 0 saturated carbocycles. The van der Waals surface area contributed by atoms with Gasteiger partial charge in [-0.2, -0.15) is 0 Å². The van der Waals surface area contributed by atoms with E-state index in [4.69, 9.17) is 0 Å². The van der Waals surface area contributed by atoms with Gasteiger partial charge in [-0.15, -0.1) is 0 Å². The number of hydrogen-bond acceptors (Lipinski definition) is 2. The minimum absolute atomic E-state index is 0.0829. The quantitative estimate of drug-likeness (QED) is 0.507. The summed E-state index contributed by atoms with van der Waals surface area (Å²) in [5.74, 6) is -0.917. The highest BCUT2D eigenvalue weighted by molar-refractivity contribution is 14.1. The molecule has 3 aromatic carbocycles. The Bertz CT molecular complexity index is 919. The molecule has 0 spiro atoms. The van der Waals surface area contributed by atoms with Crippen molar-refractivity contribution < 1.29 is 9.59 Å². The fourth-order valence-electron chi connectivity index (χ4n) is 3.02. The highest BCUT2D eigenvalue weighted by atomic mass is 127. The smallest absolute Gasteiger partial charge is 0.243 e. The number of carbonyl (C=O) groups is 2. The monoisotopic (exact) mass is 484 g/mol. The SMILES string of the molecule is Cc1cc(I)ccc1NC(=O)CNC(=O)C(c1ccccc1)c1ccccc1. The van der Waals surface area contributed by atoms with Crippen LogP contribution in [-0.2, 0) is 9.59 Å². The third-order valence-corrected chi connectivity index (χ3v) is 5.08. The van der Waals surface area contributed by atoms with Crippen LogP contribution in [0.4, 0.5) is 5.69 Å². The molecule has 4 nitrogen and oxygen atoms in total. The number of rotatable bonds is 6. The summed E-state index contributed by atoms with van der Waals surface area (Å²) in [6, 6.07) is 25.0. The Kier molecular flexibility index (Phi) is 6.81. The molecule has 0 atom stereocenters. The Hall–Kier alpha value is -2.67. The van der Waals surface area contributed by atoms with Gasteiger partial charge in [0.15, 0.2) is 0 Å². The molecule has 0 aliphatic heterocycles. The summed E-state index contributed by atoms with van der Waals surface area (Å²) >= 11 is 2.23. The summed E-state index contributed by atoms with van der Waals surface area (Å²) in [6.45, 7) is 1.86. The highest BCUT2D eigenvalue weighted by Crippen LogP contribution is 2.24. The van der Waals surface area contributed by atoms with E-state index in [-0.39, 0.29) is 18.4 Å². The summed E-state index contributed by atoms with van der Waals surface area (Å²) in [5.41, 5.74) is 3.51. The molecule has 2 N–H and O–H groups in total. The number of halogens is 1. The zero-order valence-corrected chi connectivity index (χ0v) is 17.6. The maximum atomic E-state index is 12.9. The minimum atomic E-state index is -0.463. The van der Waals surface area contributed by atoms with Crippen molar-refractivity contribution in [3.05, 3.63) is 99.1 Å². The predicted octanol–water partition coefficient (Wildman–Crippen LogP) is 4.49. The van der Waals surface area contributed by atoms with Crippen molar-refractivity contribution in [2.45, 2.75) is 12.8 Å². The predicted molar refractivity (Wildman–Crippen MR) is 120 cm³/mol. The molecule has 0 aliphatic rings. The van der Waals surface area contributed by atoms with Gasteiger partial charge in [-0.3, -0.25) is 9.59 Å². The topological polar surface area (TPSA) is 58.2 Å². The van der Waals surface area contributed by atoms with Crippen LogP contribution in [0.2, 0.25) is 0 Å². The lowest BCUT2D eigenvalue weighted by molar-refractivity contribution is -0.124. The van der Waals surface area contributed by atoms with Crippen LogP contribution in [0, 0.1) is 10.5 Å². The summed E-state index contributed by atoms with van der Waals surface area (Å²) in [5, 5.41) is 5.63. The Morgan fingerprint density at radius 3 is 2.00 bits per heavy atom. The number of benzene rings is 3. The third-order valence-electron chi connectivity index (χ3n) is 4.41. The van der Waals surface area contributed by atoms with Gasteiger partial charge in [0.2, 0.25) is 11.8 Å². The van der Waals surface area contributed by atoms with Gasteiger partial charge >= 0.3 is 0 Å². The summed E-state index contributed by atoms with van der Waals surface area (Å²) in [4.78, 5) is 25.2. The average molecular weight is 484 g/mol. The Morgan fingerprint density at radius 1 is 0.893 bits per heavy atom. The van der Waals surface area contributed by atoms with Gasteiger partial charge in [0, 0.05) is 9.26 Å². The molecule has 0 aliphatic carbocycles. The van der Waals surface area contributed by atoms with Crippen molar-refractivity contribution in [2.75, 3.05) is 11.9 Å². The lowest BCUT2D eigenvalue weighted by atomic mass is 9.90. The van der Waals surface area contributed by atoms with E-state index in [1.165, 1.54) is 0 Å². The van der Waals surface area contributed by atoms with Gasteiger partial charge in [0.1, 0.15) is 0 Å². The van der Waals surface area contributed by atoms with Gasteiger partial charge in [-0.05, 0) is 64.4 Å².